The number of aromatic amines is 2. The maximum Gasteiger partial charge on any atom is 0.229 e. The van der Waals surface area contributed by atoms with Crippen LogP contribution in [0.15, 0.2) is 48.8 Å². The van der Waals surface area contributed by atoms with Gasteiger partial charge in [-0.2, -0.15) is 5.10 Å². The average Bonchev–Trinajstić information content (AvgIpc) is 3.41. The van der Waals surface area contributed by atoms with Gasteiger partial charge in [-0.15, -0.1) is 0 Å². The molecule has 1 fully saturated rings. The third-order valence-corrected chi connectivity index (χ3v) is 5.07. The molecule has 1 aliphatic rings. The van der Waals surface area contributed by atoms with E-state index >= 15 is 0 Å². The number of H-pyrrole nitrogens is 2. The van der Waals surface area contributed by atoms with E-state index in [4.69, 9.17) is 0 Å². The minimum absolute atomic E-state index is 0.0866. The summed E-state index contributed by atoms with van der Waals surface area (Å²) in [7, 11) is 0. The van der Waals surface area contributed by atoms with E-state index in [9.17, 15) is 9.59 Å². The van der Waals surface area contributed by atoms with Crippen molar-refractivity contribution in [1.29, 1.82) is 0 Å². The van der Waals surface area contributed by atoms with Gasteiger partial charge in [-0.25, -0.2) is 0 Å². The molecule has 2 aromatic heterocycles. The highest BCUT2D eigenvalue weighted by Gasteiger charge is 2.28. The Morgan fingerprint density at radius 3 is 2.93 bits per heavy atom. The number of aromatic nitrogens is 3. The van der Waals surface area contributed by atoms with Crippen LogP contribution >= 0.6 is 0 Å². The molecule has 3 heterocycles. The summed E-state index contributed by atoms with van der Waals surface area (Å²) in [5.41, 5.74) is 4.63. The molecule has 1 aliphatic heterocycles. The molecule has 7 heteroatoms. The SMILES string of the molecule is O=C1CC(C(=O)Nc2cc(-c3cccc4[nH]ccc34)cc3[nH]ncc23)CN1. The van der Waals surface area contributed by atoms with E-state index in [1.54, 1.807) is 6.20 Å². The summed E-state index contributed by atoms with van der Waals surface area (Å²) in [6.45, 7) is 0.377. The summed E-state index contributed by atoms with van der Waals surface area (Å²) in [5.74, 6) is -0.597. The molecule has 0 bridgehead atoms. The molecule has 0 radical (unpaired) electrons. The van der Waals surface area contributed by atoms with Crippen LogP contribution in [0.2, 0.25) is 0 Å². The Bertz CT molecular complexity index is 1190. The number of nitrogens with one attached hydrogen (secondary N) is 4. The van der Waals surface area contributed by atoms with Crippen LogP contribution in [0.1, 0.15) is 6.42 Å². The number of fused-ring (bicyclic) bond motifs is 2. The normalized spacial score (nSPS) is 16.7. The highest BCUT2D eigenvalue weighted by Crippen LogP contribution is 2.34. The van der Waals surface area contributed by atoms with Gasteiger partial charge < -0.3 is 15.6 Å². The van der Waals surface area contributed by atoms with E-state index < -0.39 is 0 Å². The number of rotatable bonds is 3. The van der Waals surface area contributed by atoms with Crippen LogP contribution in [0, 0.1) is 5.92 Å². The lowest BCUT2D eigenvalue weighted by molar-refractivity contribution is -0.123. The highest BCUT2D eigenvalue weighted by atomic mass is 16.2. The van der Waals surface area contributed by atoms with Crippen LogP contribution in [-0.4, -0.2) is 33.5 Å². The minimum atomic E-state index is -0.351. The Morgan fingerprint density at radius 2 is 2.07 bits per heavy atom. The molecule has 4 N–H and O–H groups in total. The second-order valence-corrected chi connectivity index (χ2v) is 6.79. The molecule has 1 saturated heterocycles. The fraction of sp³-hybridized carbons (Fsp3) is 0.150. The minimum Gasteiger partial charge on any atom is -0.361 e. The quantitative estimate of drug-likeness (QED) is 0.452. The van der Waals surface area contributed by atoms with E-state index in [-0.39, 0.29) is 24.2 Å². The van der Waals surface area contributed by atoms with Gasteiger partial charge in [0.1, 0.15) is 0 Å². The number of carbonyl (C=O) groups excluding carboxylic acids is 2. The first-order valence-corrected chi connectivity index (χ1v) is 8.80. The Hall–Kier alpha value is -3.61. The first-order valence-electron chi connectivity index (χ1n) is 8.80. The lowest BCUT2D eigenvalue weighted by atomic mass is 9.99. The molecule has 5 rings (SSSR count). The summed E-state index contributed by atoms with van der Waals surface area (Å²) in [5, 5.41) is 14.7. The van der Waals surface area contributed by atoms with Crippen molar-refractivity contribution in [2.45, 2.75) is 6.42 Å². The molecule has 0 saturated carbocycles. The summed E-state index contributed by atoms with van der Waals surface area (Å²) >= 11 is 0. The Morgan fingerprint density at radius 1 is 1.15 bits per heavy atom. The van der Waals surface area contributed by atoms with Crippen LogP contribution in [0.5, 0.6) is 0 Å². The Labute approximate surface area is 154 Å². The zero-order valence-electron chi connectivity index (χ0n) is 14.4. The largest absolute Gasteiger partial charge is 0.361 e. The van der Waals surface area contributed by atoms with Gasteiger partial charge in [0, 0.05) is 35.5 Å². The zero-order chi connectivity index (χ0) is 18.4. The summed E-state index contributed by atoms with van der Waals surface area (Å²) < 4.78 is 0. The highest BCUT2D eigenvalue weighted by molar-refractivity contribution is 6.06. The van der Waals surface area contributed by atoms with Gasteiger partial charge in [0.25, 0.3) is 0 Å². The average molecular weight is 359 g/mol. The van der Waals surface area contributed by atoms with Gasteiger partial charge in [0.15, 0.2) is 0 Å². The van der Waals surface area contributed by atoms with Crippen molar-refractivity contribution >= 4 is 39.3 Å². The molecule has 1 unspecified atom stereocenters. The van der Waals surface area contributed by atoms with Crippen molar-refractivity contribution in [2.75, 3.05) is 11.9 Å². The van der Waals surface area contributed by atoms with Crippen molar-refractivity contribution < 1.29 is 9.59 Å². The van der Waals surface area contributed by atoms with Crippen LogP contribution in [0.25, 0.3) is 32.9 Å². The molecule has 27 heavy (non-hydrogen) atoms. The number of benzene rings is 2. The van der Waals surface area contributed by atoms with E-state index in [1.165, 1.54) is 0 Å². The van der Waals surface area contributed by atoms with Crippen LogP contribution in [-0.2, 0) is 9.59 Å². The third kappa shape index (κ3) is 2.64. The van der Waals surface area contributed by atoms with E-state index in [1.807, 2.05) is 36.5 Å². The summed E-state index contributed by atoms with van der Waals surface area (Å²) in [6.07, 6.45) is 3.84. The number of anilines is 1. The molecule has 2 aromatic carbocycles. The molecule has 1 atom stereocenters. The molecule has 134 valence electrons. The van der Waals surface area contributed by atoms with E-state index in [2.05, 4.69) is 31.9 Å². The first kappa shape index (κ1) is 15.6. The third-order valence-electron chi connectivity index (χ3n) is 5.07. The van der Waals surface area contributed by atoms with Crippen molar-refractivity contribution in [3.63, 3.8) is 0 Å². The van der Waals surface area contributed by atoms with Crippen molar-refractivity contribution in [2.24, 2.45) is 5.92 Å². The standard InChI is InChI=1S/C20H17N5O2/c26-19-8-12(9-22-19)20(27)24-17-6-11(7-18-15(17)10-23-25-18)13-2-1-3-16-14(13)4-5-21-16/h1-7,10,12,21H,8-9H2,(H,22,26)(H,23,25)(H,24,27). The Kier molecular flexibility index (Phi) is 3.46. The van der Waals surface area contributed by atoms with Crippen molar-refractivity contribution in [3.8, 4) is 11.1 Å². The maximum absolute atomic E-state index is 12.6. The van der Waals surface area contributed by atoms with Crippen LogP contribution in [0.4, 0.5) is 5.69 Å². The fourth-order valence-electron chi connectivity index (χ4n) is 3.67. The van der Waals surface area contributed by atoms with Crippen LogP contribution < -0.4 is 10.6 Å². The zero-order valence-corrected chi connectivity index (χ0v) is 14.4. The number of hydrogen-bond acceptors (Lipinski definition) is 3. The van der Waals surface area contributed by atoms with E-state index in [0.29, 0.717) is 12.2 Å². The Balaban J connectivity index is 1.58. The van der Waals surface area contributed by atoms with Gasteiger partial charge in [-0.05, 0) is 35.4 Å². The molecule has 4 aromatic rings. The molecular weight excluding hydrogens is 342 g/mol. The van der Waals surface area contributed by atoms with Gasteiger partial charge >= 0.3 is 0 Å². The lowest BCUT2D eigenvalue weighted by Gasteiger charge is -2.12. The summed E-state index contributed by atoms with van der Waals surface area (Å²) in [4.78, 5) is 27.2. The number of carbonyl (C=O) groups is 2. The number of amides is 2. The van der Waals surface area contributed by atoms with Gasteiger partial charge in [0.2, 0.25) is 11.8 Å². The second kappa shape index (κ2) is 5.98. The topological polar surface area (TPSA) is 103 Å². The molecule has 2 amide bonds. The number of nitrogens with zero attached hydrogens (tertiary/aromatic N) is 1. The van der Waals surface area contributed by atoms with Crippen molar-refractivity contribution in [3.05, 3.63) is 48.8 Å². The first-order chi connectivity index (χ1) is 13.2. The predicted molar refractivity (Wildman–Crippen MR) is 103 cm³/mol. The monoisotopic (exact) mass is 359 g/mol. The maximum atomic E-state index is 12.6. The van der Waals surface area contributed by atoms with Gasteiger partial charge in [-0.3, -0.25) is 14.7 Å². The second-order valence-electron chi connectivity index (χ2n) is 6.79. The number of hydrogen-bond donors (Lipinski definition) is 4. The molecule has 0 spiro atoms. The predicted octanol–water partition coefficient (Wildman–Crippen LogP) is 2.79. The molecule has 0 aliphatic carbocycles. The summed E-state index contributed by atoms with van der Waals surface area (Å²) in [6, 6.07) is 12.1. The van der Waals surface area contributed by atoms with E-state index in [0.717, 1.165) is 32.9 Å². The molecule has 7 nitrogen and oxygen atoms in total. The molecular formula is C20H17N5O2. The van der Waals surface area contributed by atoms with Gasteiger partial charge in [-0.1, -0.05) is 12.1 Å². The van der Waals surface area contributed by atoms with Crippen LogP contribution in [0.3, 0.4) is 0 Å². The van der Waals surface area contributed by atoms with Gasteiger partial charge in [0.05, 0.1) is 23.3 Å². The van der Waals surface area contributed by atoms with Crippen molar-refractivity contribution in [1.82, 2.24) is 20.5 Å². The lowest BCUT2D eigenvalue weighted by Crippen LogP contribution is -2.24. The smallest absolute Gasteiger partial charge is 0.229 e. The fourth-order valence-corrected chi connectivity index (χ4v) is 3.67.